The molecule has 23 heavy (non-hydrogen) atoms. The number of fused-ring (bicyclic) bond motifs is 1. The van der Waals surface area contributed by atoms with Crippen molar-refractivity contribution < 1.29 is 0 Å². The number of rotatable bonds is 3. The molecule has 1 saturated heterocycles. The molecule has 120 valence electrons. The van der Waals surface area contributed by atoms with E-state index in [0.29, 0.717) is 0 Å². The second-order valence-corrected chi connectivity index (χ2v) is 8.78. The summed E-state index contributed by atoms with van der Waals surface area (Å²) in [5.74, 6) is 1.08. The van der Waals surface area contributed by atoms with Crippen LogP contribution >= 0.6 is 34.3 Å². The molecule has 1 aliphatic heterocycles. The van der Waals surface area contributed by atoms with Gasteiger partial charge < -0.3 is 4.90 Å². The summed E-state index contributed by atoms with van der Waals surface area (Å²) >= 11 is 9.43. The van der Waals surface area contributed by atoms with Gasteiger partial charge in [-0.15, -0.1) is 22.7 Å². The van der Waals surface area contributed by atoms with Crippen LogP contribution in [0.15, 0.2) is 24.5 Å². The molecule has 4 rings (SSSR count). The van der Waals surface area contributed by atoms with Gasteiger partial charge in [-0.05, 0) is 25.1 Å². The van der Waals surface area contributed by atoms with Crippen molar-refractivity contribution in [2.75, 3.05) is 31.1 Å². The van der Waals surface area contributed by atoms with Crippen LogP contribution in [-0.2, 0) is 6.54 Å². The Labute approximate surface area is 148 Å². The minimum atomic E-state index is 0.870. The highest BCUT2D eigenvalue weighted by Gasteiger charge is 2.21. The van der Waals surface area contributed by atoms with Gasteiger partial charge in [-0.1, -0.05) is 11.6 Å². The van der Waals surface area contributed by atoms with E-state index in [4.69, 9.17) is 11.6 Å². The van der Waals surface area contributed by atoms with E-state index in [1.165, 1.54) is 15.1 Å². The molecule has 3 aromatic heterocycles. The monoisotopic (exact) mass is 364 g/mol. The van der Waals surface area contributed by atoms with Crippen molar-refractivity contribution in [1.82, 2.24) is 14.9 Å². The van der Waals surface area contributed by atoms with Crippen LogP contribution in [0, 0.1) is 6.92 Å². The second kappa shape index (κ2) is 6.36. The molecule has 0 bridgehead atoms. The zero-order chi connectivity index (χ0) is 15.8. The van der Waals surface area contributed by atoms with Gasteiger partial charge in [-0.2, -0.15) is 0 Å². The molecule has 7 heteroatoms. The SMILES string of the molecule is Cc1cc2c(N3CCN(Cc4ccc(Cl)s4)CC3)ncnc2s1. The molecule has 0 atom stereocenters. The number of nitrogens with zero attached hydrogens (tertiary/aromatic N) is 4. The van der Waals surface area contributed by atoms with Crippen LogP contribution in [0.2, 0.25) is 4.34 Å². The lowest BCUT2D eigenvalue weighted by atomic mass is 10.2. The normalized spacial score (nSPS) is 16.3. The third-order valence-electron chi connectivity index (χ3n) is 4.11. The molecule has 3 aromatic rings. The van der Waals surface area contributed by atoms with E-state index in [9.17, 15) is 0 Å². The van der Waals surface area contributed by atoms with Gasteiger partial charge in [-0.25, -0.2) is 9.97 Å². The van der Waals surface area contributed by atoms with E-state index >= 15 is 0 Å². The van der Waals surface area contributed by atoms with Crippen LogP contribution in [-0.4, -0.2) is 41.0 Å². The van der Waals surface area contributed by atoms with Gasteiger partial charge in [0, 0.05) is 42.5 Å². The van der Waals surface area contributed by atoms with Gasteiger partial charge in [0.1, 0.15) is 17.0 Å². The Morgan fingerprint density at radius 3 is 2.70 bits per heavy atom. The van der Waals surface area contributed by atoms with E-state index < -0.39 is 0 Å². The molecule has 0 unspecified atom stereocenters. The lowest BCUT2D eigenvalue weighted by molar-refractivity contribution is 0.251. The molecule has 0 N–H and O–H groups in total. The number of hydrogen-bond acceptors (Lipinski definition) is 6. The number of aromatic nitrogens is 2. The Balaban J connectivity index is 1.46. The van der Waals surface area contributed by atoms with Gasteiger partial charge >= 0.3 is 0 Å². The van der Waals surface area contributed by atoms with E-state index in [-0.39, 0.29) is 0 Å². The van der Waals surface area contributed by atoms with Crippen LogP contribution < -0.4 is 4.90 Å². The number of hydrogen-bond donors (Lipinski definition) is 0. The average molecular weight is 365 g/mol. The van der Waals surface area contributed by atoms with Crippen molar-refractivity contribution in [3.8, 4) is 0 Å². The molecule has 0 saturated carbocycles. The number of piperazine rings is 1. The third-order valence-corrected chi connectivity index (χ3v) is 6.29. The quantitative estimate of drug-likeness (QED) is 0.702. The molecule has 0 radical (unpaired) electrons. The first-order valence-corrected chi connectivity index (χ1v) is 9.63. The molecule has 0 spiro atoms. The van der Waals surface area contributed by atoms with Crippen LogP contribution in [0.25, 0.3) is 10.2 Å². The zero-order valence-corrected chi connectivity index (χ0v) is 15.2. The Hall–Kier alpha value is -1.21. The van der Waals surface area contributed by atoms with Gasteiger partial charge in [0.05, 0.1) is 9.72 Å². The predicted octanol–water partition coefficient (Wildman–Crippen LogP) is 4.04. The molecule has 1 fully saturated rings. The molecular formula is C16H17ClN4S2. The first kappa shape index (κ1) is 15.3. The summed E-state index contributed by atoms with van der Waals surface area (Å²) in [4.78, 5) is 17.5. The fourth-order valence-corrected chi connectivity index (χ4v) is 4.96. The van der Waals surface area contributed by atoms with Crippen molar-refractivity contribution in [3.05, 3.63) is 38.6 Å². The summed E-state index contributed by atoms with van der Waals surface area (Å²) in [6, 6.07) is 6.31. The fraction of sp³-hybridized carbons (Fsp3) is 0.375. The van der Waals surface area contributed by atoms with E-state index in [0.717, 1.165) is 47.7 Å². The summed E-state index contributed by atoms with van der Waals surface area (Å²) in [6.45, 7) is 7.21. The van der Waals surface area contributed by atoms with Crippen LogP contribution in [0.1, 0.15) is 9.75 Å². The average Bonchev–Trinajstić information content (AvgIpc) is 3.12. The summed E-state index contributed by atoms with van der Waals surface area (Å²) in [7, 11) is 0. The van der Waals surface area contributed by atoms with Crippen molar-refractivity contribution in [2.24, 2.45) is 0 Å². The first-order valence-electron chi connectivity index (χ1n) is 7.62. The van der Waals surface area contributed by atoms with Gasteiger partial charge in [0.2, 0.25) is 0 Å². The molecule has 0 amide bonds. The maximum absolute atomic E-state index is 6.02. The lowest BCUT2D eigenvalue weighted by Gasteiger charge is -2.35. The lowest BCUT2D eigenvalue weighted by Crippen LogP contribution is -2.46. The third kappa shape index (κ3) is 3.21. The number of aryl methyl sites for hydroxylation is 1. The summed E-state index contributed by atoms with van der Waals surface area (Å²) < 4.78 is 0.870. The van der Waals surface area contributed by atoms with Gasteiger partial charge in [0.15, 0.2) is 0 Å². The number of thiophene rings is 2. The van der Waals surface area contributed by atoms with Crippen LogP contribution in [0.4, 0.5) is 5.82 Å². The van der Waals surface area contributed by atoms with Crippen molar-refractivity contribution in [3.63, 3.8) is 0 Å². The molecule has 4 nitrogen and oxygen atoms in total. The molecule has 1 aliphatic rings. The van der Waals surface area contributed by atoms with E-state index in [1.807, 2.05) is 6.07 Å². The number of halogens is 1. The molecular weight excluding hydrogens is 348 g/mol. The minimum Gasteiger partial charge on any atom is -0.353 e. The largest absolute Gasteiger partial charge is 0.353 e. The van der Waals surface area contributed by atoms with Gasteiger partial charge in [0.25, 0.3) is 0 Å². The maximum atomic E-state index is 6.02. The second-order valence-electron chi connectivity index (χ2n) is 5.74. The number of anilines is 1. The maximum Gasteiger partial charge on any atom is 0.140 e. The van der Waals surface area contributed by atoms with Crippen molar-refractivity contribution in [2.45, 2.75) is 13.5 Å². The topological polar surface area (TPSA) is 32.3 Å². The van der Waals surface area contributed by atoms with Crippen molar-refractivity contribution in [1.29, 1.82) is 0 Å². The minimum absolute atomic E-state index is 0.870. The summed E-state index contributed by atoms with van der Waals surface area (Å²) in [5.41, 5.74) is 0. The Kier molecular flexibility index (Phi) is 4.24. The fourth-order valence-electron chi connectivity index (χ4n) is 2.99. The molecule has 0 aliphatic carbocycles. The van der Waals surface area contributed by atoms with E-state index in [1.54, 1.807) is 29.0 Å². The standard InChI is InChI=1S/C16H17ClN4S2/c1-11-8-13-15(18-10-19-16(13)22-11)21-6-4-20(5-7-21)9-12-2-3-14(17)23-12/h2-3,8,10H,4-7,9H2,1H3. The zero-order valence-electron chi connectivity index (χ0n) is 12.8. The highest BCUT2D eigenvalue weighted by molar-refractivity contribution is 7.18. The first-order chi connectivity index (χ1) is 11.2. The summed E-state index contributed by atoms with van der Waals surface area (Å²) in [6.07, 6.45) is 1.69. The Morgan fingerprint density at radius 1 is 1.13 bits per heavy atom. The van der Waals surface area contributed by atoms with Crippen molar-refractivity contribution >= 4 is 50.3 Å². The van der Waals surface area contributed by atoms with Crippen LogP contribution in [0.3, 0.4) is 0 Å². The highest BCUT2D eigenvalue weighted by atomic mass is 35.5. The van der Waals surface area contributed by atoms with Crippen LogP contribution in [0.5, 0.6) is 0 Å². The predicted molar refractivity (Wildman–Crippen MR) is 99.0 cm³/mol. The van der Waals surface area contributed by atoms with E-state index in [2.05, 4.69) is 38.8 Å². The summed E-state index contributed by atoms with van der Waals surface area (Å²) in [5, 5.41) is 1.19. The molecule has 4 heterocycles. The Bertz CT molecular complexity index is 820. The Morgan fingerprint density at radius 2 is 1.96 bits per heavy atom. The molecule has 0 aromatic carbocycles. The smallest absolute Gasteiger partial charge is 0.140 e. The van der Waals surface area contributed by atoms with Gasteiger partial charge in [-0.3, -0.25) is 4.90 Å². The highest BCUT2D eigenvalue weighted by Crippen LogP contribution is 2.30.